The number of hydrogen-bond acceptors (Lipinski definition) is 4. The van der Waals surface area contributed by atoms with E-state index in [9.17, 15) is 14.7 Å². The van der Waals surface area contributed by atoms with Crippen LogP contribution >= 0.6 is 12.2 Å². The molecule has 1 N–H and O–H groups in total. The number of benzene rings is 1. The first-order chi connectivity index (χ1) is 12.2. The fourth-order valence-corrected chi connectivity index (χ4v) is 4.00. The molecular formula is C20H22N2O3S. The summed E-state index contributed by atoms with van der Waals surface area (Å²) in [5.74, 6) is -1.03. The zero-order valence-corrected chi connectivity index (χ0v) is 16.2. The molecule has 0 bridgehead atoms. The first kappa shape index (κ1) is 18.3. The van der Waals surface area contributed by atoms with E-state index in [-0.39, 0.29) is 12.0 Å². The van der Waals surface area contributed by atoms with E-state index in [4.69, 9.17) is 12.2 Å². The van der Waals surface area contributed by atoms with E-state index in [2.05, 4.69) is 26.0 Å². The molecule has 0 aliphatic carbocycles. The van der Waals surface area contributed by atoms with E-state index in [0.717, 1.165) is 16.8 Å². The van der Waals surface area contributed by atoms with Crippen molar-refractivity contribution in [1.82, 2.24) is 4.57 Å². The lowest BCUT2D eigenvalue weighted by Gasteiger charge is -2.23. The van der Waals surface area contributed by atoms with Crippen molar-refractivity contribution in [1.29, 1.82) is 0 Å². The van der Waals surface area contributed by atoms with Crippen molar-refractivity contribution in [2.45, 2.75) is 32.7 Å². The summed E-state index contributed by atoms with van der Waals surface area (Å²) in [4.78, 5) is 26.7. The van der Waals surface area contributed by atoms with Crippen LogP contribution in [0.5, 0.6) is 0 Å². The van der Waals surface area contributed by atoms with Gasteiger partial charge in [0.25, 0.3) is 5.56 Å². The highest BCUT2D eigenvalue weighted by atomic mass is 32.1. The Bertz CT molecular complexity index is 976. The van der Waals surface area contributed by atoms with Crippen molar-refractivity contribution >= 4 is 28.7 Å². The summed E-state index contributed by atoms with van der Waals surface area (Å²) >= 11 is 5.46. The first-order valence-corrected chi connectivity index (χ1v) is 8.90. The highest BCUT2D eigenvalue weighted by molar-refractivity contribution is 7.80. The van der Waals surface area contributed by atoms with E-state index >= 15 is 0 Å². The number of thiocarbonyl (C=S) groups is 1. The van der Waals surface area contributed by atoms with E-state index in [1.807, 2.05) is 25.1 Å². The van der Waals surface area contributed by atoms with Crippen LogP contribution in [-0.2, 0) is 11.2 Å². The molecule has 0 unspecified atom stereocenters. The van der Waals surface area contributed by atoms with Gasteiger partial charge in [-0.25, -0.2) is 4.79 Å². The molecular weight excluding hydrogens is 348 g/mol. The Hall–Kier alpha value is -2.47. The lowest BCUT2D eigenvalue weighted by Crippen LogP contribution is -2.30. The normalized spacial score (nSPS) is 15.8. The van der Waals surface area contributed by atoms with Crippen LogP contribution in [0.25, 0.3) is 0 Å². The molecule has 6 heteroatoms. The Morgan fingerprint density at radius 3 is 2.62 bits per heavy atom. The number of pyridine rings is 1. The van der Waals surface area contributed by atoms with Gasteiger partial charge in [0.1, 0.15) is 6.04 Å². The SMILES string of the molecule is Cc1cccc(Cc2cc(=O)n3c(c2N(C)C)C(=S)C[C@@H]3C(=O)O)c1C. The molecule has 0 spiro atoms. The van der Waals surface area contributed by atoms with E-state index in [1.54, 1.807) is 6.07 Å². The summed E-state index contributed by atoms with van der Waals surface area (Å²) in [7, 11) is 3.79. The van der Waals surface area contributed by atoms with Gasteiger partial charge in [-0.15, -0.1) is 0 Å². The number of carboxylic acids is 1. The molecule has 2 aromatic rings. The van der Waals surface area contributed by atoms with Crippen molar-refractivity contribution in [3.8, 4) is 0 Å². The van der Waals surface area contributed by atoms with Crippen molar-refractivity contribution in [2.24, 2.45) is 0 Å². The van der Waals surface area contributed by atoms with Gasteiger partial charge in [-0.2, -0.15) is 0 Å². The molecule has 1 aliphatic rings. The second kappa shape index (κ2) is 6.68. The standard InChI is InChI=1S/C20H22N2O3S/c1-11-6-5-7-13(12(11)2)8-14-9-17(23)22-15(20(24)25)10-16(26)19(22)18(14)21(3)4/h5-7,9,15H,8,10H2,1-4H3,(H,24,25)/t15-/m1/s1. The summed E-state index contributed by atoms with van der Waals surface area (Å²) in [6, 6.07) is 6.78. The van der Waals surface area contributed by atoms with Gasteiger partial charge >= 0.3 is 5.97 Å². The van der Waals surface area contributed by atoms with Gasteiger partial charge in [-0.05, 0) is 36.1 Å². The zero-order valence-electron chi connectivity index (χ0n) is 15.4. The largest absolute Gasteiger partial charge is 0.480 e. The lowest BCUT2D eigenvalue weighted by atomic mass is 9.96. The zero-order chi connectivity index (χ0) is 19.2. The fourth-order valence-electron chi connectivity index (χ4n) is 3.64. The Morgan fingerprint density at radius 2 is 2.00 bits per heavy atom. The number of carboxylic acid groups (broad SMARTS) is 1. The number of carbonyl (C=O) groups is 1. The van der Waals surface area contributed by atoms with Crippen LogP contribution in [0.3, 0.4) is 0 Å². The van der Waals surface area contributed by atoms with Crippen LogP contribution < -0.4 is 10.5 Å². The minimum atomic E-state index is -1.03. The molecule has 0 fully saturated rings. The topological polar surface area (TPSA) is 62.5 Å². The Kier molecular flexibility index (Phi) is 4.71. The number of aromatic nitrogens is 1. The van der Waals surface area contributed by atoms with Crippen molar-refractivity contribution < 1.29 is 9.90 Å². The number of anilines is 1. The van der Waals surface area contributed by atoms with E-state index in [1.165, 1.54) is 15.7 Å². The molecule has 1 aromatic carbocycles. The minimum Gasteiger partial charge on any atom is -0.480 e. The number of fused-ring (bicyclic) bond motifs is 1. The van der Waals surface area contributed by atoms with E-state index < -0.39 is 12.0 Å². The molecule has 0 saturated carbocycles. The lowest BCUT2D eigenvalue weighted by molar-refractivity contribution is -0.140. The fraction of sp³-hybridized carbons (Fsp3) is 0.350. The van der Waals surface area contributed by atoms with Crippen LogP contribution in [0.4, 0.5) is 5.69 Å². The molecule has 136 valence electrons. The predicted molar refractivity (Wildman–Crippen MR) is 107 cm³/mol. The van der Waals surface area contributed by atoms with Gasteiger partial charge in [0.05, 0.1) is 11.4 Å². The van der Waals surface area contributed by atoms with E-state index in [0.29, 0.717) is 17.0 Å². The number of rotatable bonds is 4. The molecule has 2 heterocycles. The molecule has 0 saturated heterocycles. The second-order valence-corrected chi connectivity index (χ2v) is 7.48. The number of hydrogen-bond donors (Lipinski definition) is 1. The molecule has 1 aromatic heterocycles. The predicted octanol–water partition coefficient (Wildman–Crippen LogP) is 2.87. The maximum atomic E-state index is 12.7. The summed E-state index contributed by atoms with van der Waals surface area (Å²) in [6.45, 7) is 4.14. The second-order valence-electron chi connectivity index (χ2n) is 6.99. The van der Waals surface area contributed by atoms with Crippen molar-refractivity contribution in [3.05, 3.63) is 62.6 Å². The van der Waals surface area contributed by atoms with Gasteiger partial charge in [0, 0.05) is 37.9 Å². The Balaban J connectivity index is 2.22. The third-order valence-electron chi connectivity index (χ3n) is 5.09. The molecule has 1 atom stereocenters. The van der Waals surface area contributed by atoms with Gasteiger partial charge in [-0.1, -0.05) is 30.4 Å². The molecule has 26 heavy (non-hydrogen) atoms. The third-order valence-corrected chi connectivity index (χ3v) is 5.45. The first-order valence-electron chi connectivity index (χ1n) is 8.49. The van der Waals surface area contributed by atoms with Crippen LogP contribution in [0.2, 0.25) is 0 Å². The molecule has 5 nitrogen and oxygen atoms in total. The van der Waals surface area contributed by atoms with Crippen LogP contribution in [-0.4, -0.2) is 34.6 Å². The number of nitrogens with zero attached hydrogens (tertiary/aromatic N) is 2. The molecule has 0 radical (unpaired) electrons. The highest BCUT2D eigenvalue weighted by Crippen LogP contribution is 2.34. The molecule has 0 amide bonds. The number of aryl methyl sites for hydroxylation is 1. The highest BCUT2D eigenvalue weighted by Gasteiger charge is 2.36. The van der Waals surface area contributed by atoms with Crippen LogP contribution in [0.15, 0.2) is 29.1 Å². The van der Waals surface area contributed by atoms with Crippen LogP contribution in [0, 0.1) is 13.8 Å². The van der Waals surface area contributed by atoms with Gasteiger partial charge in [0.2, 0.25) is 0 Å². The Morgan fingerprint density at radius 1 is 1.31 bits per heavy atom. The van der Waals surface area contributed by atoms with Gasteiger partial charge in [0.15, 0.2) is 0 Å². The minimum absolute atomic E-state index is 0.188. The molecule has 1 aliphatic heterocycles. The summed E-state index contributed by atoms with van der Waals surface area (Å²) in [6.07, 6.45) is 0.790. The smallest absolute Gasteiger partial charge is 0.327 e. The number of aliphatic carboxylic acids is 1. The summed E-state index contributed by atoms with van der Waals surface area (Å²) < 4.78 is 1.34. The third kappa shape index (κ3) is 2.94. The Labute approximate surface area is 157 Å². The van der Waals surface area contributed by atoms with Crippen molar-refractivity contribution in [3.63, 3.8) is 0 Å². The van der Waals surface area contributed by atoms with Gasteiger partial charge in [-0.3, -0.25) is 9.36 Å². The average molecular weight is 370 g/mol. The van der Waals surface area contributed by atoms with Crippen LogP contribution in [0.1, 0.15) is 40.4 Å². The average Bonchev–Trinajstić information content (AvgIpc) is 2.90. The summed E-state index contributed by atoms with van der Waals surface area (Å²) in [5.41, 5.74) is 5.52. The summed E-state index contributed by atoms with van der Waals surface area (Å²) in [5, 5.41) is 9.47. The van der Waals surface area contributed by atoms with Gasteiger partial charge < -0.3 is 10.0 Å². The maximum absolute atomic E-state index is 12.7. The van der Waals surface area contributed by atoms with Crippen molar-refractivity contribution in [2.75, 3.05) is 19.0 Å². The monoisotopic (exact) mass is 370 g/mol. The quantitative estimate of drug-likeness (QED) is 0.839. The maximum Gasteiger partial charge on any atom is 0.327 e. The molecule has 3 rings (SSSR count).